The number of aliphatic hydroxyl groups is 3. The van der Waals surface area contributed by atoms with Gasteiger partial charge in [-0.15, -0.1) is 0 Å². The third-order valence-electron chi connectivity index (χ3n) is 2.29. The number of ether oxygens (including phenoxy) is 1. The van der Waals surface area contributed by atoms with Crippen molar-refractivity contribution in [2.24, 2.45) is 5.41 Å². The Morgan fingerprint density at radius 2 is 1.22 bits per heavy atom. The summed E-state index contributed by atoms with van der Waals surface area (Å²) in [6.07, 6.45) is -0.0203. The van der Waals surface area contributed by atoms with Gasteiger partial charge in [0.15, 0.2) is 0 Å². The number of aliphatic hydroxyl groups excluding tert-OH is 3. The molecule has 0 unspecified atom stereocenters. The molecule has 0 saturated heterocycles. The molecule has 0 aliphatic heterocycles. The lowest BCUT2D eigenvalue weighted by Crippen LogP contribution is -2.35. The van der Waals surface area contributed by atoms with Gasteiger partial charge in [0.05, 0.1) is 26.4 Å². The van der Waals surface area contributed by atoms with E-state index in [4.69, 9.17) is 35.8 Å². The summed E-state index contributed by atoms with van der Waals surface area (Å²) in [7, 11) is 0. The normalized spacial score (nSPS) is 10.8. The van der Waals surface area contributed by atoms with Gasteiger partial charge in [-0.2, -0.15) is 15.8 Å². The molecule has 0 atom stereocenters. The third kappa shape index (κ3) is 4.52. The first-order chi connectivity index (χ1) is 8.62. The van der Waals surface area contributed by atoms with Crippen LogP contribution in [0.2, 0.25) is 0 Å². The summed E-state index contributed by atoms with van der Waals surface area (Å²) < 4.78 is 4.70. The van der Waals surface area contributed by atoms with E-state index < -0.39 is 37.1 Å². The van der Waals surface area contributed by atoms with Gasteiger partial charge in [-0.3, -0.25) is 14.7 Å². The zero-order chi connectivity index (χ0) is 14.0. The predicted octanol–water partition coefficient (Wildman–Crippen LogP) is -1.05. The van der Waals surface area contributed by atoms with Gasteiger partial charge in [0, 0.05) is 5.41 Å². The summed E-state index contributed by atoms with van der Waals surface area (Å²) >= 11 is 0. The molecule has 10 nitrogen and oxygen atoms in total. The number of rotatable bonds is 10. The lowest BCUT2D eigenvalue weighted by Gasteiger charge is -2.26. The van der Waals surface area contributed by atoms with Gasteiger partial charge in [-0.1, -0.05) is 0 Å². The van der Waals surface area contributed by atoms with Crippen LogP contribution in [0.3, 0.4) is 0 Å². The van der Waals surface area contributed by atoms with Crippen LogP contribution in [0.15, 0.2) is 11.9 Å². The van der Waals surface area contributed by atoms with E-state index in [0.29, 0.717) is 0 Å². The summed E-state index contributed by atoms with van der Waals surface area (Å²) in [5.41, 5.74) is -1.18. The fourth-order valence-electron chi connectivity index (χ4n) is 0.961. The minimum Gasteiger partial charge on any atom is -0.458 e. The van der Waals surface area contributed by atoms with E-state index in [0.717, 1.165) is 0 Å². The molecule has 0 amide bonds. The summed E-state index contributed by atoms with van der Waals surface area (Å²) in [5.74, 6) is -1.94. The Labute approximate surface area is 102 Å². The summed E-state index contributed by atoms with van der Waals surface area (Å²) in [6.45, 7) is -1.75. The summed E-state index contributed by atoms with van der Waals surface area (Å²) in [6, 6.07) is 0. The van der Waals surface area contributed by atoms with Crippen LogP contribution in [-0.4, -0.2) is 57.5 Å². The van der Waals surface area contributed by atoms with Crippen LogP contribution in [0.5, 0.6) is 0 Å². The SMILES string of the molecule is OCC(CO)(CO)CCOC(OO)=C(OO)OO. The smallest absolute Gasteiger partial charge is 0.434 e. The third-order valence-corrected chi connectivity index (χ3v) is 2.29. The summed E-state index contributed by atoms with van der Waals surface area (Å²) in [5, 5.41) is 51.7. The van der Waals surface area contributed by atoms with Gasteiger partial charge in [0.1, 0.15) is 0 Å². The maximum atomic E-state index is 9.00. The van der Waals surface area contributed by atoms with E-state index in [1.165, 1.54) is 0 Å². The Bertz CT molecular complexity index is 234. The highest BCUT2D eigenvalue weighted by molar-refractivity contribution is 4.84. The van der Waals surface area contributed by atoms with Crippen LogP contribution >= 0.6 is 0 Å². The van der Waals surface area contributed by atoms with Gasteiger partial charge in [0.25, 0.3) is 0 Å². The molecule has 0 aliphatic carbocycles. The van der Waals surface area contributed by atoms with Gasteiger partial charge in [-0.05, 0) is 6.42 Å². The van der Waals surface area contributed by atoms with Crippen LogP contribution in [0.4, 0.5) is 0 Å². The molecule has 0 rings (SSSR count). The van der Waals surface area contributed by atoms with Crippen molar-refractivity contribution in [3.63, 3.8) is 0 Å². The molecular weight excluding hydrogens is 256 g/mol. The molecule has 0 radical (unpaired) electrons. The highest BCUT2D eigenvalue weighted by Crippen LogP contribution is 2.21. The first-order valence-electron chi connectivity index (χ1n) is 4.77. The van der Waals surface area contributed by atoms with Gasteiger partial charge >= 0.3 is 11.9 Å². The molecule has 0 heterocycles. The zero-order valence-corrected chi connectivity index (χ0v) is 9.35. The Balaban J connectivity index is 4.43. The second kappa shape index (κ2) is 8.74. The second-order valence-electron chi connectivity index (χ2n) is 3.42. The Kier molecular flexibility index (Phi) is 8.11. The quantitative estimate of drug-likeness (QED) is 0.164. The molecule has 0 aromatic rings. The van der Waals surface area contributed by atoms with Crippen molar-refractivity contribution in [3.8, 4) is 0 Å². The summed E-state index contributed by atoms with van der Waals surface area (Å²) in [4.78, 5) is 10.5. The standard InChI is InChI=1S/C8H16O10/c9-3-8(4-10,5-11)1-2-15-6(16-12)7(17-13)18-14/h9-14H,1-5H2. The average Bonchev–Trinajstić information content (AvgIpc) is 2.43. The molecule has 0 aromatic carbocycles. The van der Waals surface area contributed by atoms with Crippen molar-refractivity contribution in [2.45, 2.75) is 6.42 Å². The molecule has 0 fully saturated rings. The van der Waals surface area contributed by atoms with Crippen LogP contribution < -0.4 is 0 Å². The van der Waals surface area contributed by atoms with E-state index in [1.54, 1.807) is 0 Å². The molecule has 108 valence electrons. The topological polar surface area (TPSA) is 158 Å². The Morgan fingerprint density at radius 3 is 1.56 bits per heavy atom. The van der Waals surface area contributed by atoms with E-state index in [1.807, 2.05) is 0 Å². The molecule has 10 heteroatoms. The minimum absolute atomic E-state index is 0.0203. The predicted molar refractivity (Wildman–Crippen MR) is 52.4 cm³/mol. The minimum atomic E-state index is -1.18. The van der Waals surface area contributed by atoms with Gasteiger partial charge in [-0.25, -0.2) is 0 Å². The van der Waals surface area contributed by atoms with Crippen LogP contribution in [-0.2, 0) is 19.4 Å². The zero-order valence-electron chi connectivity index (χ0n) is 9.35. The molecule has 0 aromatic heterocycles. The van der Waals surface area contributed by atoms with Crippen molar-refractivity contribution in [2.75, 3.05) is 26.4 Å². The number of hydrogen-bond acceptors (Lipinski definition) is 10. The monoisotopic (exact) mass is 272 g/mol. The van der Waals surface area contributed by atoms with Crippen LogP contribution in [0, 0.1) is 5.41 Å². The molecule has 0 spiro atoms. The highest BCUT2D eigenvalue weighted by Gasteiger charge is 2.28. The lowest BCUT2D eigenvalue weighted by molar-refractivity contribution is -0.348. The van der Waals surface area contributed by atoms with Crippen molar-refractivity contribution in [3.05, 3.63) is 11.9 Å². The molecule has 0 bridgehead atoms. The van der Waals surface area contributed by atoms with Crippen molar-refractivity contribution in [1.82, 2.24) is 0 Å². The molecular formula is C8H16O10. The van der Waals surface area contributed by atoms with Crippen molar-refractivity contribution >= 4 is 0 Å². The highest BCUT2D eigenvalue weighted by atomic mass is 17.2. The van der Waals surface area contributed by atoms with Gasteiger partial charge in [0.2, 0.25) is 0 Å². The molecule has 18 heavy (non-hydrogen) atoms. The van der Waals surface area contributed by atoms with Crippen LogP contribution in [0.25, 0.3) is 0 Å². The van der Waals surface area contributed by atoms with Crippen LogP contribution in [0.1, 0.15) is 6.42 Å². The van der Waals surface area contributed by atoms with E-state index in [9.17, 15) is 0 Å². The second-order valence-corrected chi connectivity index (χ2v) is 3.42. The van der Waals surface area contributed by atoms with E-state index in [-0.39, 0.29) is 13.0 Å². The fourth-order valence-corrected chi connectivity index (χ4v) is 0.961. The van der Waals surface area contributed by atoms with E-state index in [2.05, 4.69) is 14.7 Å². The Morgan fingerprint density at radius 1 is 0.778 bits per heavy atom. The largest absolute Gasteiger partial charge is 0.458 e. The molecule has 6 N–H and O–H groups in total. The molecule has 0 aliphatic rings. The maximum absolute atomic E-state index is 9.00. The maximum Gasteiger partial charge on any atom is 0.434 e. The fraction of sp³-hybridized carbons (Fsp3) is 0.750. The van der Waals surface area contributed by atoms with Gasteiger partial charge < -0.3 is 20.1 Å². The Hall–Kier alpha value is -1.30. The number of hydrogen-bond donors (Lipinski definition) is 6. The molecule has 0 saturated carbocycles. The average molecular weight is 272 g/mol. The van der Waals surface area contributed by atoms with Crippen molar-refractivity contribution in [1.29, 1.82) is 0 Å². The van der Waals surface area contributed by atoms with Crippen molar-refractivity contribution < 1.29 is 50.5 Å². The first-order valence-corrected chi connectivity index (χ1v) is 4.77. The first kappa shape index (κ1) is 16.7. The van der Waals surface area contributed by atoms with E-state index >= 15 is 0 Å². The lowest BCUT2D eigenvalue weighted by atomic mass is 9.88.